The zero-order valence-corrected chi connectivity index (χ0v) is 17.6. The van der Waals surface area contributed by atoms with Gasteiger partial charge in [-0.05, 0) is 45.2 Å². The van der Waals surface area contributed by atoms with E-state index >= 15 is 0 Å². The van der Waals surface area contributed by atoms with Crippen molar-refractivity contribution in [1.82, 2.24) is 19.9 Å². The van der Waals surface area contributed by atoms with Crippen LogP contribution in [-0.2, 0) is 13.0 Å². The fourth-order valence-corrected chi connectivity index (χ4v) is 3.86. The minimum atomic E-state index is -0.552. The fraction of sp³-hybridized carbons (Fsp3) is 0.455. The van der Waals surface area contributed by atoms with Crippen LogP contribution in [0.25, 0.3) is 11.1 Å². The average Bonchev–Trinajstić information content (AvgIpc) is 3.36. The van der Waals surface area contributed by atoms with Crippen molar-refractivity contribution in [3.05, 3.63) is 41.2 Å². The largest absolute Gasteiger partial charge is 0.490 e. The molecular formula is C22H24FN5O3. The number of hydrogen-bond acceptors (Lipinski definition) is 7. The van der Waals surface area contributed by atoms with Crippen LogP contribution in [0.2, 0.25) is 0 Å². The monoisotopic (exact) mass is 425 g/mol. The van der Waals surface area contributed by atoms with Crippen LogP contribution in [0.15, 0.2) is 22.7 Å². The number of hydrogen-bond donors (Lipinski definition) is 1. The third-order valence-corrected chi connectivity index (χ3v) is 5.82. The number of alkyl halides is 1. The van der Waals surface area contributed by atoms with Crippen molar-refractivity contribution in [2.75, 3.05) is 25.1 Å². The lowest BCUT2D eigenvalue weighted by molar-refractivity contribution is 0.0718. The quantitative estimate of drug-likeness (QED) is 0.647. The molecule has 0 unspecified atom stereocenters. The molecule has 1 N–H and O–H groups in total. The van der Waals surface area contributed by atoms with E-state index in [2.05, 4.69) is 27.2 Å². The summed E-state index contributed by atoms with van der Waals surface area (Å²) in [6, 6.07) is 3.62. The van der Waals surface area contributed by atoms with Gasteiger partial charge in [0.2, 0.25) is 11.5 Å². The van der Waals surface area contributed by atoms with Crippen LogP contribution in [0.5, 0.6) is 5.75 Å². The van der Waals surface area contributed by atoms with Gasteiger partial charge in [-0.3, -0.25) is 9.78 Å². The average molecular weight is 425 g/mol. The molecule has 1 aliphatic heterocycles. The Morgan fingerprint density at radius 3 is 3.00 bits per heavy atom. The summed E-state index contributed by atoms with van der Waals surface area (Å²) in [6.45, 7) is 4.23. The molecule has 4 heterocycles. The van der Waals surface area contributed by atoms with Crippen molar-refractivity contribution in [2.24, 2.45) is 0 Å². The maximum absolute atomic E-state index is 13.3. The number of fused-ring (bicyclic) bond motifs is 2. The molecule has 0 spiro atoms. The van der Waals surface area contributed by atoms with Crippen molar-refractivity contribution < 1.29 is 18.3 Å². The maximum atomic E-state index is 13.3. The molecule has 0 atom stereocenters. The Hall–Kier alpha value is -3.23. The van der Waals surface area contributed by atoms with Gasteiger partial charge >= 0.3 is 0 Å². The molecule has 9 heteroatoms. The topological polar surface area (TPSA) is 93.4 Å². The number of rotatable bonds is 6. The molecule has 8 nitrogen and oxygen atoms in total. The van der Waals surface area contributed by atoms with Gasteiger partial charge in [0, 0.05) is 23.8 Å². The summed E-state index contributed by atoms with van der Waals surface area (Å²) < 4.78 is 23.7. The highest BCUT2D eigenvalue weighted by atomic mass is 19.1. The molecule has 1 fully saturated rings. The lowest BCUT2D eigenvalue weighted by Crippen LogP contribution is -2.37. The van der Waals surface area contributed by atoms with Crippen LogP contribution in [0, 0.1) is 6.92 Å². The molecule has 1 aliphatic carbocycles. The maximum Gasteiger partial charge on any atom is 0.292 e. The number of aromatic nitrogens is 3. The van der Waals surface area contributed by atoms with Gasteiger partial charge in [0.15, 0.2) is 0 Å². The molecule has 0 radical (unpaired) electrons. The van der Waals surface area contributed by atoms with Crippen LogP contribution >= 0.6 is 0 Å². The lowest BCUT2D eigenvalue weighted by atomic mass is 10.0. The summed E-state index contributed by atoms with van der Waals surface area (Å²) in [5.41, 5.74) is 2.06. The fourth-order valence-electron chi connectivity index (χ4n) is 3.86. The number of pyridine rings is 1. The third kappa shape index (κ3) is 3.80. The first kappa shape index (κ1) is 19.7. The molecule has 5 rings (SSSR count). The van der Waals surface area contributed by atoms with Crippen molar-refractivity contribution >= 4 is 22.8 Å². The van der Waals surface area contributed by atoms with E-state index in [1.807, 2.05) is 13.0 Å². The van der Waals surface area contributed by atoms with Gasteiger partial charge in [0.05, 0.1) is 17.6 Å². The number of anilines is 1. The molecule has 1 saturated carbocycles. The van der Waals surface area contributed by atoms with Gasteiger partial charge < -0.3 is 19.4 Å². The third-order valence-electron chi connectivity index (χ3n) is 5.82. The van der Waals surface area contributed by atoms with E-state index in [-0.39, 0.29) is 23.9 Å². The Kier molecular flexibility index (Phi) is 4.75. The number of nitrogens with zero attached hydrogens (tertiary/aromatic N) is 4. The second kappa shape index (κ2) is 7.47. The minimum absolute atomic E-state index is 0.00320. The molecule has 0 aromatic carbocycles. The number of nitrogens with one attached hydrogen (secondary N) is 1. The summed E-state index contributed by atoms with van der Waals surface area (Å²) in [4.78, 5) is 28.3. The smallest absolute Gasteiger partial charge is 0.292 e. The molecule has 162 valence electrons. The number of amides is 1. The predicted molar refractivity (Wildman–Crippen MR) is 112 cm³/mol. The Labute approximate surface area is 178 Å². The van der Waals surface area contributed by atoms with Gasteiger partial charge in [0.1, 0.15) is 30.6 Å². The van der Waals surface area contributed by atoms with Crippen molar-refractivity contribution in [2.45, 2.75) is 45.2 Å². The first-order chi connectivity index (χ1) is 15.0. The molecule has 31 heavy (non-hydrogen) atoms. The van der Waals surface area contributed by atoms with E-state index in [1.165, 1.54) is 0 Å². The molecule has 3 aromatic heterocycles. The molecule has 1 amide bonds. The summed E-state index contributed by atoms with van der Waals surface area (Å²) in [5.74, 6) is 1.80. The number of aryl methyl sites for hydroxylation is 1. The van der Waals surface area contributed by atoms with Crippen LogP contribution in [0.3, 0.4) is 0 Å². The first-order valence-electron chi connectivity index (χ1n) is 10.5. The highest BCUT2D eigenvalue weighted by Gasteiger charge is 2.38. The van der Waals surface area contributed by atoms with E-state index in [1.54, 1.807) is 17.2 Å². The molecule has 3 aromatic rings. The SMILES string of the molecule is Cc1cc2c(NC3(C)CC3)nc(C(=O)N3CCc4c(OCCF)ccnc4C3)nc2o1. The van der Waals surface area contributed by atoms with Crippen molar-refractivity contribution in [1.29, 1.82) is 0 Å². The molecule has 0 bridgehead atoms. The van der Waals surface area contributed by atoms with Gasteiger partial charge in [-0.2, -0.15) is 4.98 Å². The predicted octanol–water partition coefficient (Wildman–Crippen LogP) is 3.44. The van der Waals surface area contributed by atoms with E-state index < -0.39 is 6.67 Å². The minimum Gasteiger partial charge on any atom is -0.490 e. The number of halogens is 1. The first-order valence-corrected chi connectivity index (χ1v) is 10.5. The zero-order chi connectivity index (χ0) is 21.6. The van der Waals surface area contributed by atoms with Crippen molar-refractivity contribution in [3.8, 4) is 5.75 Å². The number of ether oxygens (including phenoxy) is 1. The number of carbonyl (C=O) groups is 1. The zero-order valence-electron chi connectivity index (χ0n) is 17.6. The van der Waals surface area contributed by atoms with Crippen LogP contribution in [-0.4, -0.2) is 51.1 Å². The highest BCUT2D eigenvalue weighted by molar-refractivity contribution is 5.95. The van der Waals surface area contributed by atoms with E-state index in [4.69, 9.17) is 9.15 Å². The lowest BCUT2D eigenvalue weighted by Gasteiger charge is -2.28. The molecule has 2 aliphatic rings. The summed E-state index contributed by atoms with van der Waals surface area (Å²) in [7, 11) is 0. The van der Waals surface area contributed by atoms with Crippen LogP contribution < -0.4 is 10.1 Å². The second-order valence-electron chi connectivity index (χ2n) is 8.41. The van der Waals surface area contributed by atoms with Crippen LogP contribution in [0.1, 0.15) is 47.4 Å². The van der Waals surface area contributed by atoms with Gasteiger partial charge in [-0.25, -0.2) is 9.37 Å². The summed E-state index contributed by atoms with van der Waals surface area (Å²) in [6.07, 6.45) is 4.30. The number of furan rings is 1. The van der Waals surface area contributed by atoms with Gasteiger partial charge in [-0.15, -0.1) is 0 Å². The van der Waals surface area contributed by atoms with E-state index in [0.717, 1.165) is 35.2 Å². The molecule has 0 saturated heterocycles. The second-order valence-corrected chi connectivity index (χ2v) is 8.41. The van der Waals surface area contributed by atoms with E-state index in [9.17, 15) is 9.18 Å². The molecular weight excluding hydrogens is 401 g/mol. The summed E-state index contributed by atoms with van der Waals surface area (Å²) >= 11 is 0. The Bertz CT molecular complexity index is 1160. The Balaban J connectivity index is 1.43. The van der Waals surface area contributed by atoms with Gasteiger partial charge in [-0.1, -0.05) is 0 Å². The Morgan fingerprint density at radius 2 is 2.23 bits per heavy atom. The van der Waals surface area contributed by atoms with E-state index in [0.29, 0.717) is 36.8 Å². The highest BCUT2D eigenvalue weighted by Crippen LogP contribution is 2.39. The summed E-state index contributed by atoms with van der Waals surface area (Å²) in [5, 5.41) is 4.23. The van der Waals surface area contributed by atoms with Crippen molar-refractivity contribution in [3.63, 3.8) is 0 Å². The standard InChI is InChI=1S/C22H24FN5O3/c1-13-11-15-18(27-22(2)5-6-22)25-19(26-20(15)31-13)21(29)28-9-4-14-16(12-28)24-8-3-17(14)30-10-7-23/h3,8,11H,4-7,9-10,12H2,1-2H3,(H,25,26,27). The van der Waals surface area contributed by atoms with Gasteiger partial charge in [0.25, 0.3) is 5.91 Å². The normalized spacial score (nSPS) is 16.8. The number of carbonyl (C=O) groups excluding carboxylic acids is 1. The Morgan fingerprint density at radius 1 is 1.39 bits per heavy atom. The van der Waals surface area contributed by atoms with Crippen LogP contribution in [0.4, 0.5) is 10.2 Å².